The zero-order chi connectivity index (χ0) is 20.0. The van der Waals surface area contributed by atoms with Gasteiger partial charge in [-0.15, -0.1) is 5.10 Å². The fourth-order valence-corrected chi connectivity index (χ4v) is 3.90. The van der Waals surface area contributed by atoms with Gasteiger partial charge in [-0.1, -0.05) is 53.0 Å². The average molecular weight is 414 g/mol. The summed E-state index contributed by atoms with van der Waals surface area (Å²) in [6.45, 7) is 3.79. The highest BCUT2D eigenvalue weighted by atomic mass is 35.5. The number of halogens is 2. The lowest BCUT2D eigenvalue weighted by atomic mass is 9.94. The van der Waals surface area contributed by atoms with Crippen LogP contribution in [0, 0.1) is 6.92 Å². The summed E-state index contributed by atoms with van der Waals surface area (Å²) < 4.78 is 1.67. The van der Waals surface area contributed by atoms with Gasteiger partial charge in [-0.2, -0.15) is 4.98 Å². The van der Waals surface area contributed by atoms with Crippen LogP contribution in [0.1, 0.15) is 24.1 Å². The number of benzene rings is 2. The minimum absolute atomic E-state index is 0.431. The van der Waals surface area contributed by atoms with Gasteiger partial charge in [0.05, 0.1) is 10.6 Å². The first-order valence-corrected chi connectivity index (χ1v) is 9.37. The van der Waals surface area contributed by atoms with Crippen molar-refractivity contribution in [1.29, 1.82) is 0 Å². The van der Waals surface area contributed by atoms with Crippen LogP contribution in [0.4, 0.5) is 5.95 Å². The fourth-order valence-electron chi connectivity index (χ4n) is 3.40. The summed E-state index contributed by atoms with van der Waals surface area (Å²) in [7, 11) is 0. The van der Waals surface area contributed by atoms with E-state index >= 15 is 0 Å². The van der Waals surface area contributed by atoms with Gasteiger partial charge in [-0.25, -0.2) is 4.68 Å². The maximum Gasteiger partial charge on any atom is 0.248 e. The quantitative estimate of drug-likeness (QED) is 0.668. The molecule has 8 heteroatoms. The number of rotatable bonds is 3. The van der Waals surface area contributed by atoms with Crippen LogP contribution in [0.2, 0.25) is 10.0 Å². The van der Waals surface area contributed by atoms with Crippen LogP contribution in [0.15, 0.2) is 53.7 Å². The van der Waals surface area contributed by atoms with Crippen LogP contribution in [0.25, 0.3) is 11.4 Å². The van der Waals surface area contributed by atoms with Gasteiger partial charge in [0.15, 0.2) is 5.82 Å². The number of nitrogens with two attached hydrogens (primary N) is 1. The number of anilines is 1. The third-order valence-electron chi connectivity index (χ3n) is 4.65. The van der Waals surface area contributed by atoms with Gasteiger partial charge in [0.2, 0.25) is 11.9 Å². The Kier molecular flexibility index (Phi) is 4.61. The molecule has 0 saturated carbocycles. The molecule has 1 aliphatic rings. The Hall–Kier alpha value is -2.83. The summed E-state index contributed by atoms with van der Waals surface area (Å²) >= 11 is 12.3. The molecule has 1 unspecified atom stereocenters. The smallest absolute Gasteiger partial charge is 0.248 e. The number of fused-ring (bicyclic) bond motifs is 1. The van der Waals surface area contributed by atoms with Crippen molar-refractivity contribution in [3.8, 4) is 11.4 Å². The van der Waals surface area contributed by atoms with Crippen LogP contribution < -0.4 is 11.1 Å². The number of amides is 1. The van der Waals surface area contributed by atoms with Crippen molar-refractivity contribution in [2.24, 2.45) is 5.73 Å². The summed E-state index contributed by atoms with van der Waals surface area (Å²) in [5.74, 6) is 0.430. The van der Waals surface area contributed by atoms with E-state index in [-0.39, 0.29) is 0 Å². The molecule has 0 aliphatic carbocycles. The number of hydrogen-bond acceptors (Lipinski definition) is 4. The standard InChI is InChI=1S/C20H17Cl2N5O/c1-10-4-3-5-12(8-10)17-16(18(23)28)11(2)24-20-25-19(26-27(17)20)14-7-6-13(21)9-15(14)22/h3-9,17H,1-2H3,(H2,23,28)(H,24,25,26). The highest BCUT2D eigenvalue weighted by molar-refractivity contribution is 6.36. The monoisotopic (exact) mass is 413 g/mol. The van der Waals surface area contributed by atoms with Crippen LogP contribution in [0.3, 0.4) is 0 Å². The summed E-state index contributed by atoms with van der Waals surface area (Å²) in [6, 6.07) is 12.5. The summed E-state index contributed by atoms with van der Waals surface area (Å²) in [5, 5.41) is 8.74. The van der Waals surface area contributed by atoms with Crippen molar-refractivity contribution in [3.63, 3.8) is 0 Å². The second-order valence-corrected chi connectivity index (χ2v) is 7.52. The highest BCUT2D eigenvalue weighted by Gasteiger charge is 2.33. The van der Waals surface area contributed by atoms with E-state index in [2.05, 4.69) is 15.4 Å². The molecule has 3 aromatic rings. The molecule has 0 radical (unpaired) electrons. The molecule has 1 atom stereocenters. The number of nitrogens with zero attached hydrogens (tertiary/aromatic N) is 3. The van der Waals surface area contributed by atoms with Gasteiger partial charge in [0.1, 0.15) is 6.04 Å². The van der Waals surface area contributed by atoms with Gasteiger partial charge in [0.25, 0.3) is 0 Å². The Morgan fingerprint density at radius 1 is 1.18 bits per heavy atom. The molecule has 2 heterocycles. The SMILES string of the molecule is CC1=C(C(N)=O)C(c2cccc(C)c2)n2nc(-c3ccc(Cl)cc3Cl)nc2N1. The van der Waals surface area contributed by atoms with Gasteiger partial charge >= 0.3 is 0 Å². The molecule has 2 aromatic carbocycles. The fraction of sp³-hybridized carbons (Fsp3) is 0.150. The van der Waals surface area contributed by atoms with E-state index in [9.17, 15) is 4.79 Å². The third kappa shape index (κ3) is 3.15. The van der Waals surface area contributed by atoms with E-state index in [4.69, 9.17) is 28.9 Å². The number of aryl methyl sites for hydroxylation is 1. The van der Waals surface area contributed by atoms with Crippen molar-refractivity contribution in [2.75, 3.05) is 5.32 Å². The van der Waals surface area contributed by atoms with Crippen molar-refractivity contribution < 1.29 is 4.79 Å². The number of carbonyl (C=O) groups is 1. The molecule has 0 fully saturated rings. The molecule has 142 valence electrons. The number of hydrogen-bond donors (Lipinski definition) is 2. The topological polar surface area (TPSA) is 85.8 Å². The Bertz CT molecular complexity index is 1140. The Balaban J connectivity index is 1.90. The van der Waals surface area contributed by atoms with Crippen LogP contribution in [0.5, 0.6) is 0 Å². The van der Waals surface area contributed by atoms with Crippen molar-refractivity contribution in [3.05, 3.63) is 74.9 Å². The van der Waals surface area contributed by atoms with Gasteiger partial charge in [-0.05, 0) is 37.6 Å². The molecule has 1 aliphatic heterocycles. The van der Waals surface area contributed by atoms with Crippen molar-refractivity contribution in [2.45, 2.75) is 19.9 Å². The maximum absolute atomic E-state index is 12.2. The molecule has 1 aromatic heterocycles. The molecule has 0 saturated heterocycles. The molecule has 3 N–H and O–H groups in total. The second kappa shape index (κ2) is 6.96. The van der Waals surface area contributed by atoms with Crippen LogP contribution >= 0.6 is 23.2 Å². The number of allylic oxidation sites excluding steroid dienone is 1. The molecular weight excluding hydrogens is 397 g/mol. The molecule has 4 rings (SSSR count). The first-order chi connectivity index (χ1) is 13.3. The predicted octanol–water partition coefficient (Wildman–Crippen LogP) is 4.33. The first-order valence-electron chi connectivity index (χ1n) is 8.61. The summed E-state index contributed by atoms with van der Waals surface area (Å²) in [6.07, 6.45) is 0. The van der Waals surface area contributed by atoms with E-state index in [1.54, 1.807) is 29.8 Å². The predicted molar refractivity (Wildman–Crippen MR) is 110 cm³/mol. The maximum atomic E-state index is 12.2. The minimum atomic E-state index is -0.510. The Morgan fingerprint density at radius 2 is 1.96 bits per heavy atom. The molecule has 28 heavy (non-hydrogen) atoms. The number of nitrogens with one attached hydrogen (secondary N) is 1. The number of primary amides is 1. The molecule has 0 bridgehead atoms. The second-order valence-electron chi connectivity index (χ2n) is 6.67. The Labute approximate surface area is 172 Å². The zero-order valence-electron chi connectivity index (χ0n) is 15.2. The summed E-state index contributed by atoms with van der Waals surface area (Å²) in [4.78, 5) is 16.8. The van der Waals surface area contributed by atoms with Gasteiger partial charge in [0, 0.05) is 16.3 Å². The average Bonchev–Trinajstić information content (AvgIpc) is 3.03. The van der Waals surface area contributed by atoms with E-state index < -0.39 is 11.9 Å². The number of carbonyl (C=O) groups excluding carboxylic acids is 1. The highest BCUT2D eigenvalue weighted by Crippen LogP contribution is 2.37. The largest absolute Gasteiger partial charge is 0.366 e. The van der Waals surface area contributed by atoms with Crippen molar-refractivity contribution in [1.82, 2.24) is 14.8 Å². The third-order valence-corrected chi connectivity index (χ3v) is 5.20. The van der Waals surface area contributed by atoms with E-state index in [1.807, 2.05) is 31.2 Å². The van der Waals surface area contributed by atoms with E-state index in [0.717, 1.165) is 11.1 Å². The molecule has 6 nitrogen and oxygen atoms in total. The van der Waals surface area contributed by atoms with Gasteiger partial charge in [-0.3, -0.25) is 4.79 Å². The van der Waals surface area contributed by atoms with Gasteiger partial charge < -0.3 is 11.1 Å². The summed E-state index contributed by atoms with van der Waals surface area (Å²) in [5.41, 5.74) is 9.41. The lowest BCUT2D eigenvalue weighted by Crippen LogP contribution is -2.31. The first kappa shape index (κ1) is 18.5. The normalized spacial score (nSPS) is 15.9. The zero-order valence-corrected chi connectivity index (χ0v) is 16.7. The van der Waals surface area contributed by atoms with E-state index in [0.29, 0.717) is 38.7 Å². The van der Waals surface area contributed by atoms with E-state index in [1.165, 1.54) is 0 Å². The molecule has 0 spiro atoms. The van der Waals surface area contributed by atoms with Crippen LogP contribution in [-0.2, 0) is 4.79 Å². The minimum Gasteiger partial charge on any atom is -0.366 e. The van der Waals surface area contributed by atoms with Crippen LogP contribution in [-0.4, -0.2) is 20.7 Å². The number of aromatic nitrogens is 3. The lowest BCUT2D eigenvalue weighted by molar-refractivity contribution is -0.115. The van der Waals surface area contributed by atoms with Crippen molar-refractivity contribution >= 4 is 35.1 Å². The molecule has 1 amide bonds. The lowest BCUT2D eigenvalue weighted by Gasteiger charge is -2.27. The molecular formula is C20H17Cl2N5O. The Morgan fingerprint density at radius 3 is 2.64 bits per heavy atom.